The van der Waals surface area contributed by atoms with Gasteiger partial charge in [-0.15, -0.1) is 0 Å². The molecule has 1 aliphatic carbocycles. The summed E-state index contributed by atoms with van der Waals surface area (Å²) in [6.45, 7) is 0.345. The molecular formula is C12H22F3NO2. The van der Waals surface area contributed by atoms with Gasteiger partial charge in [0.25, 0.3) is 0 Å². The molecule has 6 heteroatoms. The van der Waals surface area contributed by atoms with Crippen molar-refractivity contribution in [2.45, 2.75) is 44.3 Å². The Bertz CT molecular complexity index is 218. The maximum absolute atomic E-state index is 11.8. The molecule has 0 aromatic carbocycles. The van der Waals surface area contributed by atoms with Gasteiger partial charge in [-0.2, -0.15) is 13.2 Å². The third-order valence-electron chi connectivity index (χ3n) is 3.23. The molecule has 18 heavy (non-hydrogen) atoms. The number of aliphatic hydroxyl groups excluding tert-OH is 1. The highest BCUT2D eigenvalue weighted by molar-refractivity contribution is 4.77. The van der Waals surface area contributed by atoms with Crippen LogP contribution < -0.4 is 0 Å². The van der Waals surface area contributed by atoms with Crippen molar-refractivity contribution in [3.8, 4) is 0 Å². The van der Waals surface area contributed by atoms with Gasteiger partial charge < -0.3 is 9.84 Å². The fourth-order valence-corrected chi connectivity index (χ4v) is 2.43. The second-order valence-corrected chi connectivity index (χ2v) is 4.72. The van der Waals surface area contributed by atoms with Crippen molar-refractivity contribution in [3.05, 3.63) is 0 Å². The van der Waals surface area contributed by atoms with Crippen molar-refractivity contribution in [1.82, 2.24) is 4.90 Å². The van der Waals surface area contributed by atoms with E-state index in [-0.39, 0.29) is 13.2 Å². The van der Waals surface area contributed by atoms with E-state index in [9.17, 15) is 13.2 Å². The first-order valence-corrected chi connectivity index (χ1v) is 6.52. The van der Waals surface area contributed by atoms with E-state index in [1.807, 2.05) is 0 Å². The van der Waals surface area contributed by atoms with Crippen LogP contribution in [0.4, 0.5) is 13.2 Å². The summed E-state index contributed by atoms with van der Waals surface area (Å²) in [4.78, 5) is 2.17. The lowest BCUT2D eigenvalue weighted by molar-refractivity contribution is -0.174. The van der Waals surface area contributed by atoms with Crippen molar-refractivity contribution in [2.24, 2.45) is 0 Å². The summed E-state index contributed by atoms with van der Waals surface area (Å²) in [6.07, 6.45) is 1.00. The van der Waals surface area contributed by atoms with Gasteiger partial charge in [0, 0.05) is 25.7 Å². The first-order chi connectivity index (χ1) is 8.53. The number of hydrogen-bond acceptors (Lipinski definition) is 3. The molecule has 1 rings (SSSR count). The Kier molecular flexibility index (Phi) is 6.96. The third-order valence-corrected chi connectivity index (χ3v) is 3.23. The van der Waals surface area contributed by atoms with E-state index < -0.39 is 12.8 Å². The number of aliphatic hydroxyl groups is 1. The molecule has 0 heterocycles. The van der Waals surface area contributed by atoms with Gasteiger partial charge in [0.1, 0.15) is 6.61 Å². The maximum Gasteiger partial charge on any atom is 0.411 e. The molecule has 0 aromatic rings. The van der Waals surface area contributed by atoms with Crippen molar-refractivity contribution < 1.29 is 23.0 Å². The molecule has 0 unspecified atom stereocenters. The van der Waals surface area contributed by atoms with Crippen LogP contribution in [0.5, 0.6) is 0 Å². The van der Waals surface area contributed by atoms with Crippen LogP contribution in [0.3, 0.4) is 0 Å². The van der Waals surface area contributed by atoms with E-state index in [2.05, 4.69) is 9.64 Å². The topological polar surface area (TPSA) is 32.7 Å². The Morgan fingerprint density at radius 2 is 1.83 bits per heavy atom. The van der Waals surface area contributed by atoms with Gasteiger partial charge in [0.15, 0.2) is 0 Å². The summed E-state index contributed by atoms with van der Waals surface area (Å²) in [5, 5.41) is 8.98. The van der Waals surface area contributed by atoms with E-state index in [1.165, 1.54) is 12.8 Å². The molecule has 3 nitrogen and oxygen atoms in total. The monoisotopic (exact) mass is 269 g/mol. The van der Waals surface area contributed by atoms with Gasteiger partial charge in [-0.05, 0) is 19.3 Å². The van der Waals surface area contributed by atoms with Crippen LogP contribution in [0.15, 0.2) is 0 Å². The van der Waals surface area contributed by atoms with Crippen LogP contribution in [-0.4, -0.2) is 55.1 Å². The Balaban J connectivity index is 2.13. The van der Waals surface area contributed by atoms with Gasteiger partial charge in [-0.25, -0.2) is 0 Å². The summed E-state index contributed by atoms with van der Waals surface area (Å²) >= 11 is 0. The van der Waals surface area contributed by atoms with Crippen LogP contribution in [0.2, 0.25) is 0 Å². The fourth-order valence-electron chi connectivity index (χ4n) is 2.43. The summed E-state index contributed by atoms with van der Waals surface area (Å²) in [7, 11) is 0. The Labute approximate surface area is 106 Å². The average Bonchev–Trinajstić information content (AvgIpc) is 2.79. The molecule has 1 aliphatic rings. The van der Waals surface area contributed by atoms with E-state index in [4.69, 9.17) is 5.11 Å². The number of nitrogens with zero attached hydrogens (tertiary/aromatic N) is 1. The van der Waals surface area contributed by atoms with E-state index >= 15 is 0 Å². The van der Waals surface area contributed by atoms with Gasteiger partial charge in [0.05, 0.1) is 6.61 Å². The molecule has 0 amide bonds. The predicted octanol–water partition coefficient (Wildman–Crippen LogP) is 2.19. The number of halogens is 3. The number of ether oxygens (including phenoxy) is 1. The third kappa shape index (κ3) is 6.56. The minimum absolute atomic E-state index is 0.0971. The first kappa shape index (κ1) is 15.7. The van der Waals surface area contributed by atoms with Gasteiger partial charge in [-0.3, -0.25) is 4.90 Å². The van der Waals surface area contributed by atoms with Gasteiger partial charge in [0.2, 0.25) is 0 Å². The lowest BCUT2D eigenvalue weighted by Gasteiger charge is -2.27. The van der Waals surface area contributed by atoms with Crippen LogP contribution in [0.25, 0.3) is 0 Å². The van der Waals surface area contributed by atoms with Crippen LogP contribution >= 0.6 is 0 Å². The SMILES string of the molecule is OCCN(CCCOCC(F)(F)F)C1CCCC1. The highest BCUT2D eigenvalue weighted by Crippen LogP contribution is 2.23. The van der Waals surface area contributed by atoms with Crippen LogP contribution in [0, 0.1) is 0 Å². The molecule has 0 spiro atoms. The molecule has 0 bridgehead atoms. The Hall–Kier alpha value is -0.330. The quantitative estimate of drug-likeness (QED) is 0.686. The predicted molar refractivity (Wildman–Crippen MR) is 62.4 cm³/mol. The molecular weight excluding hydrogens is 247 g/mol. The minimum atomic E-state index is -4.24. The summed E-state index contributed by atoms with van der Waals surface area (Å²) in [6, 6.07) is 0.486. The Morgan fingerprint density at radius 3 is 2.39 bits per heavy atom. The van der Waals surface area contributed by atoms with E-state index in [0.717, 1.165) is 12.8 Å². The molecule has 0 saturated heterocycles. The van der Waals surface area contributed by atoms with Gasteiger partial charge >= 0.3 is 6.18 Å². The largest absolute Gasteiger partial charge is 0.411 e. The molecule has 1 fully saturated rings. The molecule has 0 aromatic heterocycles. The second-order valence-electron chi connectivity index (χ2n) is 4.72. The molecule has 0 aliphatic heterocycles. The Morgan fingerprint density at radius 1 is 1.17 bits per heavy atom. The zero-order valence-electron chi connectivity index (χ0n) is 10.6. The van der Waals surface area contributed by atoms with Crippen molar-refractivity contribution >= 4 is 0 Å². The molecule has 0 atom stereocenters. The molecule has 0 radical (unpaired) electrons. The minimum Gasteiger partial charge on any atom is -0.395 e. The highest BCUT2D eigenvalue weighted by atomic mass is 19.4. The zero-order valence-corrected chi connectivity index (χ0v) is 10.6. The van der Waals surface area contributed by atoms with E-state index in [0.29, 0.717) is 25.6 Å². The molecule has 1 N–H and O–H groups in total. The maximum atomic E-state index is 11.8. The highest BCUT2D eigenvalue weighted by Gasteiger charge is 2.27. The lowest BCUT2D eigenvalue weighted by atomic mass is 10.2. The van der Waals surface area contributed by atoms with Crippen molar-refractivity contribution in [3.63, 3.8) is 0 Å². The summed E-state index contributed by atoms with van der Waals surface area (Å²) < 4.78 is 40.1. The normalized spacial score (nSPS) is 17.8. The number of alkyl halides is 3. The van der Waals surface area contributed by atoms with E-state index in [1.54, 1.807) is 0 Å². The standard InChI is InChI=1S/C12H22F3NO2/c13-12(14,15)10-18-9-3-6-16(7-8-17)11-4-1-2-5-11/h11,17H,1-10H2. The smallest absolute Gasteiger partial charge is 0.395 e. The van der Waals surface area contributed by atoms with Gasteiger partial charge in [-0.1, -0.05) is 12.8 Å². The van der Waals surface area contributed by atoms with Crippen LogP contribution in [-0.2, 0) is 4.74 Å². The zero-order chi connectivity index (χ0) is 13.4. The summed E-state index contributed by atoms with van der Waals surface area (Å²) in [5.41, 5.74) is 0. The average molecular weight is 269 g/mol. The lowest BCUT2D eigenvalue weighted by Crippen LogP contribution is -2.37. The number of hydrogen-bond donors (Lipinski definition) is 1. The summed E-state index contributed by atoms with van der Waals surface area (Å²) in [5.74, 6) is 0. The van der Waals surface area contributed by atoms with Crippen molar-refractivity contribution in [2.75, 3.05) is 32.9 Å². The van der Waals surface area contributed by atoms with Crippen LogP contribution in [0.1, 0.15) is 32.1 Å². The fraction of sp³-hybridized carbons (Fsp3) is 1.00. The molecule has 108 valence electrons. The second kappa shape index (κ2) is 7.96. The molecule has 1 saturated carbocycles. The number of rotatable bonds is 8. The van der Waals surface area contributed by atoms with Crippen molar-refractivity contribution in [1.29, 1.82) is 0 Å². The first-order valence-electron chi connectivity index (χ1n) is 6.52.